The number of alkyl carbamates (subject to hydrolysis) is 1. The molecule has 7 heteroatoms. The highest BCUT2D eigenvalue weighted by molar-refractivity contribution is 5.68. The maximum absolute atomic E-state index is 12.1. The van der Waals surface area contributed by atoms with Gasteiger partial charge in [0.05, 0.1) is 11.8 Å². The third kappa shape index (κ3) is 7.07. The molecule has 0 bridgehead atoms. The van der Waals surface area contributed by atoms with Crippen LogP contribution in [-0.4, -0.2) is 46.9 Å². The maximum atomic E-state index is 12.1. The fourth-order valence-corrected chi connectivity index (χ4v) is 3.93. The summed E-state index contributed by atoms with van der Waals surface area (Å²) in [5.74, 6) is 2.18. The Balaban J connectivity index is 1.68. The maximum Gasteiger partial charge on any atom is 0.407 e. The SMILES string of the molecule is CC(C)Oc1ccc(-c2cc(N3CCC(NC(=O)OC(C)(C)C)CC3)ncn2)cc1C(C)C. The van der Waals surface area contributed by atoms with Crippen molar-refractivity contribution in [1.82, 2.24) is 15.3 Å². The molecule has 0 atom stereocenters. The van der Waals surface area contributed by atoms with E-state index >= 15 is 0 Å². The van der Waals surface area contributed by atoms with E-state index in [-0.39, 0.29) is 18.2 Å². The van der Waals surface area contributed by atoms with Gasteiger partial charge in [0.2, 0.25) is 0 Å². The average molecular weight is 455 g/mol. The van der Waals surface area contributed by atoms with Gasteiger partial charge in [-0.25, -0.2) is 14.8 Å². The minimum absolute atomic E-state index is 0.111. The van der Waals surface area contributed by atoms with E-state index in [4.69, 9.17) is 9.47 Å². The van der Waals surface area contributed by atoms with Gasteiger partial charge in [0, 0.05) is 30.8 Å². The second-order valence-corrected chi connectivity index (χ2v) is 10.2. The van der Waals surface area contributed by atoms with Gasteiger partial charge >= 0.3 is 6.09 Å². The van der Waals surface area contributed by atoms with Gasteiger partial charge in [0.1, 0.15) is 23.5 Å². The van der Waals surface area contributed by atoms with Crippen LogP contribution >= 0.6 is 0 Å². The van der Waals surface area contributed by atoms with E-state index in [0.717, 1.165) is 48.8 Å². The van der Waals surface area contributed by atoms with E-state index in [2.05, 4.69) is 46.2 Å². The molecule has 1 aliphatic heterocycles. The van der Waals surface area contributed by atoms with Gasteiger partial charge in [-0.15, -0.1) is 0 Å². The predicted molar refractivity (Wildman–Crippen MR) is 132 cm³/mol. The highest BCUT2D eigenvalue weighted by Crippen LogP contribution is 2.32. The van der Waals surface area contributed by atoms with Crippen LogP contribution in [0.4, 0.5) is 10.6 Å². The number of rotatable bonds is 6. The Labute approximate surface area is 197 Å². The van der Waals surface area contributed by atoms with Crippen LogP contribution in [0.15, 0.2) is 30.6 Å². The Morgan fingerprint density at radius 2 is 1.79 bits per heavy atom. The topological polar surface area (TPSA) is 76.6 Å². The third-order valence-corrected chi connectivity index (χ3v) is 5.48. The van der Waals surface area contributed by atoms with Crippen LogP contribution in [0.25, 0.3) is 11.3 Å². The standard InChI is InChI=1S/C26H38N4O3/c1-17(2)21-14-19(8-9-23(21)32-18(3)4)22-15-24(28-16-27-22)30-12-10-20(11-13-30)29-25(31)33-26(5,6)7/h8-9,14-18,20H,10-13H2,1-7H3,(H,29,31). The molecule has 1 amide bonds. The van der Waals surface area contributed by atoms with Crippen LogP contribution in [-0.2, 0) is 4.74 Å². The lowest BCUT2D eigenvalue weighted by molar-refractivity contribution is 0.0497. The Kier molecular flexibility index (Phi) is 7.82. The minimum Gasteiger partial charge on any atom is -0.491 e. The summed E-state index contributed by atoms with van der Waals surface area (Å²) in [5, 5.41) is 2.99. The third-order valence-electron chi connectivity index (χ3n) is 5.48. The molecule has 0 aliphatic carbocycles. The summed E-state index contributed by atoms with van der Waals surface area (Å²) in [7, 11) is 0. The molecule has 0 spiro atoms. The molecule has 1 aliphatic rings. The zero-order valence-corrected chi connectivity index (χ0v) is 21.0. The van der Waals surface area contributed by atoms with Gasteiger partial charge in [-0.1, -0.05) is 13.8 Å². The Morgan fingerprint density at radius 3 is 2.39 bits per heavy atom. The highest BCUT2D eigenvalue weighted by atomic mass is 16.6. The van der Waals surface area contributed by atoms with Crippen molar-refractivity contribution < 1.29 is 14.3 Å². The molecular formula is C26H38N4O3. The summed E-state index contributed by atoms with van der Waals surface area (Å²) in [6, 6.07) is 8.43. The van der Waals surface area contributed by atoms with Gasteiger partial charge in [-0.2, -0.15) is 0 Å². The minimum atomic E-state index is -0.489. The molecule has 0 unspecified atom stereocenters. The molecule has 1 fully saturated rings. The van der Waals surface area contributed by atoms with Crippen LogP contribution in [0.1, 0.15) is 72.8 Å². The first-order valence-corrected chi connectivity index (χ1v) is 11.9. The Bertz CT molecular complexity index is 945. The molecule has 7 nitrogen and oxygen atoms in total. The van der Waals surface area contributed by atoms with Gasteiger partial charge < -0.3 is 19.7 Å². The van der Waals surface area contributed by atoms with E-state index in [1.165, 1.54) is 5.56 Å². The molecule has 2 aromatic rings. The predicted octanol–water partition coefficient (Wildman–Crippen LogP) is 5.55. The number of benzene rings is 1. The number of nitrogens with zero attached hydrogens (tertiary/aromatic N) is 3. The van der Waals surface area contributed by atoms with Crippen LogP contribution < -0.4 is 15.0 Å². The quantitative estimate of drug-likeness (QED) is 0.617. The van der Waals surface area contributed by atoms with Crippen molar-refractivity contribution in [2.24, 2.45) is 0 Å². The highest BCUT2D eigenvalue weighted by Gasteiger charge is 2.24. The molecule has 1 N–H and O–H groups in total. The van der Waals surface area contributed by atoms with Crippen LogP contribution in [0, 0.1) is 0 Å². The number of hydrogen-bond donors (Lipinski definition) is 1. The molecule has 1 aromatic carbocycles. The van der Waals surface area contributed by atoms with Crippen molar-refractivity contribution in [2.75, 3.05) is 18.0 Å². The number of anilines is 1. The monoisotopic (exact) mass is 454 g/mol. The number of carbonyl (C=O) groups excluding carboxylic acids is 1. The summed E-state index contributed by atoms with van der Waals surface area (Å²) < 4.78 is 11.4. The number of hydrogen-bond acceptors (Lipinski definition) is 6. The number of aromatic nitrogens is 2. The number of piperidine rings is 1. The smallest absolute Gasteiger partial charge is 0.407 e. The fraction of sp³-hybridized carbons (Fsp3) is 0.577. The summed E-state index contributed by atoms with van der Waals surface area (Å²) in [6.45, 7) is 15.7. The first-order chi connectivity index (χ1) is 15.5. The summed E-state index contributed by atoms with van der Waals surface area (Å²) >= 11 is 0. The zero-order valence-electron chi connectivity index (χ0n) is 21.0. The molecule has 0 saturated carbocycles. The van der Waals surface area contributed by atoms with Crippen molar-refractivity contribution in [1.29, 1.82) is 0 Å². The van der Waals surface area contributed by atoms with E-state index in [1.807, 2.05) is 46.8 Å². The average Bonchev–Trinajstić information content (AvgIpc) is 2.72. The van der Waals surface area contributed by atoms with Gasteiger partial charge in [0.25, 0.3) is 0 Å². The number of carbonyl (C=O) groups is 1. The lowest BCUT2D eigenvalue weighted by Crippen LogP contribution is -2.46. The first kappa shape index (κ1) is 24.8. The molecule has 2 heterocycles. The van der Waals surface area contributed by atoms with Gasteiger partial charge in [-0.3, -0.25) is 0 Å². The zero-order chi connectivity index (χ0) is 24.2. The number of ether oxygens (including phenoxy) is 2. The molecule has 0 radical (unpaired) electrons. The van der Waals surface area contributed by atoms with Gasteiger partial charge in [0.15, 0.2) is 0 Å². The Hall–Kier alpha value is -2.83. The van der Waals surface area contributed by atoms with Crippen molar-refractivity contribution in [3.05, 3.63) is 36.2 Å². The van der Waals surface area contributed by atoms with Crippen LogP contribution in [0.2, 0.25) is 0 Å². The molecule has 1 saturated heterocycles. The second kappa shape index (κ2) is 10.4. The lowest BCUT2D eigenvalue weighted by atomic mass is 9.98. The van der Waals surface area contributed by atoms with E-state index < -0.39 is 5.60 Å². The first-order valence-electron chi connectivity index (χ1n) is 11.9. The number of amides is 1. The largest absolute Gasteiger partial charge is 0.491 e. The normalized spacial score (nSPS) is 15.1. The molecular weight excluding hydrogens is 416 g/mol. The summed E-state index contributed by atoms with van der Waals surface area (Å²) in [5.41, 5.74) is 2.64. The fourth-order valence-electron chi connectivity index (χ4n) is 3.93. The molecule has 33 heavy (non-hydrogen) atoms. The summed E-state index contributed by atoms with van der Waals surface area (Å²) in [4.78, 5) is 23.4. The Morgan fingerprint density at radius 1 is 1.09 bits per heavy atom. The molecule has 1 aromatic heterocycles. The van der Waals surface area contributed by atoms with Crippen molar-refractivity contribution in [2.45, 2.75) is 85.0 Å². The second-order valence-electron chi connectivity index (χ2n) is 10.2. The molecule has 180 valence electrons. The van der Waals surface area contributed by atoms with Crippen molar-refractivity contribution in [3.63, 3.8) is 0 Å². The number of nitrogens with one attached hydrogen (secondary N) is 1. The van der Waals surface area contributed by atoms with Crippen LogP contribution in [0.5, 0.6) is 5.75 Å². The van der Waals surface area contributed by atoms with E-state index in [0.29, 0.717) is 5.92 Å². The van der Waals surface area contributed by atoms with E-state index in [1.54, 1.807) is 6.33 Å². The van der Waals surface area contributed by atoms with Crippen molar-refractivity contribution in [3.8, 4) is 17.0 Å². The van der Waals surface area contributed by atoms with Crippen molar-refractivity contribution >= 4 is 11.9 Å². The van der Waals surface area contributed by atoms with E-state index in [9.17, 15) is 4.79 Å². The van der Waals surface area contributed by atoms with Crippen LogP contribution in [0.3, 0.4) is 0 Å². The molecule has 3 rings (SSSR count). The van der Waals surface area contributed by atoms with Gasteiger partial charge in [-0.05, 0) is 77.1 Å². The summed E-state index contributed by atoms with van der Waals surface area (Å²) in [6.07, 6.45) is 3.10. The lowest BCUT2D eigenvalue weighted by Gasteiger charge is -2.33.